The largest absolute Gasteiger partial charge is 0.474 e. The van der Waals surface area contributed by atoms with Gasteiger partial charge < -0.3 is 15.7 Å². The van der Waals surface area contributed by atoms with Gasteiger partial charge in [-0.1, -0.05) is 19.3 Å². The van der Waals surface area contributed by atoms with Gasteiger partial charge in [-0.2, -0.15) is 0 Å². The third kappa shape index (κ3) is 4.60. The van der Waals surface area contributed by atoms with Crippen LogP contribution in [-0.2, 0) is 9.59 Å². The maximum Gasteiger partial charge on any atom is 0.394 e. The van der Waals surface area contributed by atoms with Gasteiger partial charge in [0.2, 0.25) is 0 Å². The molecule has 0 bridgehead atoms. The number of rotatable bonds is 4. The van der Waals surface area contributed by atoms with Gasteiger partial charge in [-0.05, 0) is 43.5 Å². The summed E-state index contributed by atoms with van der Waals surface area (Å²) in [5.74, 6) is -2.79. The molecule has 1 heterocycles. The van der Waals surface area contributed by atoms with E-state index in [0.29, 0.717) is 17.3 Å². The first-order valence-corrected chi connectivity index (χ1v) is 9.22. The molecule has 0 spiro atoms. The molecule has 1 unspecified atom stereocenters. The molecule has 1 aliphatic carbocycles. The number of nitrogens with one attached hydrogen (secondary N) is 2. The minimum absolute atomic E-state index is 0.142. The SMILES string of the molecule is O=C(O)C(=O)Nc1ccc(C(=O)NC2CCN(C3CCCCC3)C2)cc1. The summed E-state index contributed by atoms with van der Waals surface area (Å²) in [6, 6.07) is 7.05. The summed E-state index contributed by atoms with van der Waals surface area (Å²) in [5, 5.41) is 13.9. The third-order valence-electron chi connectivity index (χ3n) is 5.25. The highest BCUT2D eigenvalue weighted by Gasteiger charge is 2.29. The van der Waals surface area contributed by atoms with Gasteiger partial charge in [0.1, 0.15) is 0 Å². The van der Waals surface area contributed by atoms with Crippen LogP contribution in [0, 0.1) is 0 Å². The number of anilines is 1. The topological polar surface area (TPSA) is 98.7 Å². The Hall–Kier alpha value is -2.41. The Morgan fingerprint density at radius 3 is 2.35 bits per heavy atom. The van der Waals surface area contributed by atoms with Crippen LogP contribution in [0.2, 0.25) is 0 Å². The first kappa shape index (κ1) is 18.4. The third-order valence-corrected chi connectivity index (χ3v) is 5.25. The fraction of sp³-hybridized carbons (Fsp3) is 0.526. The van der Waals surface area contributed by atoms with E-state index in [1.54, 1.807) is 12.1 Å². The van der Waals surface area contributed by atoms with E-state index in [1.807, 2.05) is 0 Å². The fourth-order valence-electron chi connectivity index (χ4n) is 3.84. The highest BCUT2D eigenvalue weighted by Crippen LogP contribution is 2.25. The Morgan fingerprint density at radius 1 is 1.00 bits per heavy atom. The lowest BCUT2D eigenvalue weighted by Crippen LogP contribution is -2.40. The van der Waals surface area contributed by atoms with Gasteiger partial charge in [-0.25, -0.2) is 4.79 Å². The van der Waals surface area contributed by atoms with E-state index < -0.39 is 11.9 Å². The number of aliphatic carboxylic acids is 1. The monoisotopic (exact) mass is 359 g/mol. The second kappa shape index (κ2) is 8.31. The lowest BCUT2D eigenvalue weighted by molar-refractivity contribution is -0.147. The standard InChI is InChI=1S/C19H25N3O4/c23-17(13-6-8-14(9-7-13)20-18(24)19(25)26)21-15-10-11-22(12-15)16-4-2-1-3-5-16/h6-9,15-16H,1-5,10-12H2,(H,20,24)(H,21,23)(H,25,26). The van der Waals surface area contributed by atoms with Gasteiger partial charge in [0, 0.05) is 36.4 Å². The molecular weight excluding hydrogens is 334 g/mol. The predicted octanol–water partition coefficient (Wildman–Crippen LogP) is 1.85. The van der Waals surface area contributed by atoms with Crippen molar-refractivity contribution in [3.05, 3.63) is 29.8 Å². The van der Waals surface area contributed by atoms with E-state index >= 15 is 0 Å². The minimum Gasteiger partial charge on any atom is -0.474 e. The fourth-order valence-corrected chi connectivity index (χ4v) is 3.84. The number of benzene rings is 1. The van der Waals surface area contributed by atoms with Crippen molar-refractivity contribution >= 4 is 23.5 Å². The first-order chi connectivity index (χ1) is 12.5. The summed E-state index contributed by atoms with van der Waals surface area (Å²) in [5.41, 5.74) is 0.840. The molecule has 2 aliphatic rings. The number of nitrogens with zero attached hydrogens (tertiary/aromatic N) is 1. The number of hydrogen-bond acceptors (Lipinski definition) is 4. The second-order valence-corrected chi connectivity index (χ2v) is 7.08. The number of amides is 2. The lowest BCUT2D eigenvalue weighted by Gasteiger charge is -2.31. The van der Waals surface area contributed by atoms with Gasteiger partial charge in [-0.15, -0.1) is 0 Å². The van der Waals surface area contributed by atoms with Crippen LogP contribution in [0.1, 0.15) is 48.9 Å². The van der Waals surface area contributed by atoms with E-state index in [2.05, 4.69) is 15.5 Å². The average Bonchev–Trinajstić information content (AvgIpc) is 3.11. The summed E-state index contributed by atoms with van der Waals surface area (Å²) in [7, 11) is 0. The Bertz CT molecular complexity index is 668. The van der Waals surface area contributed by atoms with Crippen LogP contribution >= 0.6 is 0 Å². The number of carboxylic acids is 1. The zero-order chi connectivity index (χ0) is 18.5. The molecule has 2 fully saturated rings. The number of carboxylic acid groups (broad SMARTS) is 1. The van der Waals surface area contributed by atoms with Crippen molar-refractivity contribution in [1.29, 1.82) is 0 Å². The normalized spacial score (nSPS) is 21.3. The van der Waals surface area contributed by atoms with Crippen LogP contribution in [-0.4, -0.2) is 53.0 Å². The van der Waals surface area contributed by atoms with E-state index in [1.165, 1.54) is 44.2 Å². The molecule has 0 aromatic heterocycles. The van der Waals surface area contributed by atoms with Gasteiger partial charge in [0.25, 0.3) is 5.91 Å². The molecule has 1 atom stereocenters. The molecule has 7 nitrogen and oxygen atoms in total. The van der Waals surface area contributed by atoms with Crippen molar-refractivity contribution in [3.8, 4) is 0 Å². The molecule has 3 N–H and O–H groups in total. The van der Waals surface area contributed by atoms with Gasteiger partial charge in [0.15, 0.2) is 0 Å². The maximum absolute atomic E-state index is 12.4. The molecule has 1 aliphatic heterocycles. The van der Waals surface area contributed by atoms with E-state index in [4.69, 9.17) is 5.11 Å². The Morgan fingerprint density at radius 2 is 1.69 bits per heavy atom. The minimum atomic E-state index is -1.55. The molecule has 1 aromatic rings. The van der Waals surface area contributed by atoms with Gasteiger partial charge in [-0.3, -0.25) is 14.5 Å². The van der Waals surface area contributed by atoms with Crippen LogP contribution in [0.15, 0.2) is 24.3 Å². The van der Waals surface area contributed by atoms with Crippen LogP contribution in [0.5, 0.6) is 0 Å². The molecule has 140 valence electrons. The number of likely N-dealkylation sites (tertiary alicyclic amines) is 1. The summed E-state index contributed by atoms with van der Waals surface area (Å²) >= 11 is 0. The lowest BCUT2D eigenvalue weighted by atomic mass is 9.94. The van der Waals surface area contributed by atoms with Crippen LogP contribution in [0.3, 0.4) is 0 Å². The molecule has 2 amide bonds. The number of carbonyl (C=O) groups excluding carboxylic acids is 2. The van der Waals surface area contributed by atoms with E-state index in [0.717, 1.165) is 19.5 Å². The quantitative estimate of drug-likeness (QED) is 0.713. The predicted molar refractivity (Wildman–Crippen MR) is 97.0 cm³/mol. The highest BCUT2D eigenvalue weighted by molar-refractivity contribution is 6.36. The number of carbonyl (C=O) groups is 3. The molecule has 1 aromatic carbocycles. The average molecular weight is 359 g/mol. The van der Waals surface area contributed by atoms with E-state index in [-0.39, 0.29) is 11.9 Å². The molecule has 7 heteroatoms. The van der Waals surface area contributed by atoms with Crippen molar-refractivity contribution in [3.63, 3.8) is 0 Å². The molecule has 1 saturated heterocycles. The van der Waals surface area contributed by atoms with Gasteiger partial charge >= 0.3 is 11.9 Å². The zero-order valence-corrected chi connectivity index (χ0v) is 14.7. The Labute approximate surface area is 152 Å². The highest BCUT2D eigenvalue weighted by atomic mass is 16.4. The smallest absolute Gasteiger partial charge is 0.394 e. The van der Waals surface area contributed by atoms with Crippen LogP contribution in [0.4, 0.5) is 5.69 Å². The van der Waals surface area contributed by atoms with Crippen molar-refractivity contribution < 1.29 is 19.5 Å². The van der Waals surface area contributed by atoms with Crippen molar-refractivity contribution in [1.82, 2.24) is 10.2 Å². The maximum atomic E-state index is 12.4. The van der Waals surface area contributed by atoms with Crippen molar-refractivity contribution in [2.45, 2.75) is 50.6 Å². The van der Waals surface area contributed by atoms with Crippen molar-refractivity contribution in [2.75, 3.05) is 18.4 Å². The Kier molecular flexibility index (Phi) is 5.88. The molecular formula is C19H25N3O4. The summed E-state index contributed by atoms with van der Waals surface area (Å²) in [6.45, 7) is 1.94. The van der Waals surface area contributed by atoms with Crippen molar-refractivity contribution in [2.24, 2.45) is 0 Å². The van der Waals surface area contributed by atoms with Crippen LogP contribution < -0.4 is 10.6 Å². The Balaban J connectivity index is 1.50. The molecule has 1 saturated carbocycles. The zero-order valence-electron chi connectivity index (χ0n) is 14.7. The molecule has 3 rings (SSSR count). The molecule has 0 radical (unpaired) electrons. The summed E-state index contributed by atoms with van der Waals surface area (Å²) < 4.78 is 0. The summed E-state index contributed by atoms with van der Waals surface area (Å²) in [6.07, 6.45) is 7.46. The summed E-state index contributed by atoms with van der Waals surface area (Å²) in [4.78, 5) is 36.6. The first-order valence-electron chi connectivity index (χ1n) is 9.22. The van der Waals surface area contributed by atoms with Gasteiger partial charge in [0.05, 0.1) is 0 Å². The second-order valence-electron chi connectivity index (χ2n) is 7.08. The molecule has 26 heavy (non-hydrogen) atoms. The van der Waals surface area contributed by atoms with E-state index in [9.17, 15) is 14.4 Å². The van der Waals surface area contributed by atoms with Crippen LogP contribution in [0.25, 0.3) is 0 Å². The number of hydrogen-bond donors (Lipinski definition) is 3.